The van der Waals surface area contributed by atoms with Crippen LogP contribution in [0, 0.1) is 113 Å². The Labute approximate surface area is 487 Å². The Bertz CT molecular complexity index is 5100. The number of hydrogen-bond donors (Lipinski definition) is 0. The average Bonchev–Trinajstić information content (AvgIpc) is 1.59. The van der Waals surface area contributed by atoms with Crippen LogP contribution in [-0.2, 0) is 6.18 Å². The van der Waals surface area contributed by atoms with Crippen molar-refractivity contribution in [3.63, 3.8) is 0 Å². The molecule has 0 amide bonds. The molecule has 15 heteroatoms. The average molecular weight is 1110 g/mol. The summed E-state index contributed by atoms with van der Waals surface area (Å²) in [5.41, 5.74) is 7.10. The first-order chi connectivity index (χ1) is 41.7. The van der Waals surface area contributed by atoms with E-state index in [4.69, 9.17) is 0 Å². The molecular weight excluding hydrogens is 1080 g/mol. The van der Waals surface area contributed by atoms with Gasteiger partial charge in [0.1, 0.15) is 0 Å². The Morgan fingerprint density at radius 3 is 0.814 bits per heavy atom. The van der Waals surface area contributed by atoms with Crippen LogP contribution >= 0.6 is 0 Å². The van der Waals surface area contributed by atoms with Crippen molar-refractivity contribution in [3.05, 3.63) is 237 Å². The maximum absolute atomic E-state index is 15.4. The molecule has 0 bridgehead atoms. The van der Waals surface area contributed by atoms with E-state index in [1.165, 1.54) is 48.5 Å². The summed E-state index contributed by atoms with van der Waals surface area (Å²) in [7, 11) is 0. The Morgan fingerprint density at radius 2 is 0.547 bits per heavy atom. The van der Waals surface area contributed by atoms with Gasteiger partial charge in [0.05, 0.1) is 155 Å². The van der Waals surface area contributed by atoms with E-state index in [0.29, 0.717) is 93.8 Å². The fraction of sp³-hybridized carbons (Fsp3) is 0.0141. The van der Waals surface area contributed by atoms with Crippen molar-refractivity contribution in [2.75, 3.05) is 0 Å². The van der Waals surface area contributed by atoms with Gasteiger partial charge in [-0.3, -0.25) is 0 Å². The number of fused-ring (bicyclic) bond motifs is 6. The molecule has 0 saturated carbocycles. The molecule has 0 unspecified atom stereocenters. The van der Waals surface area contributed by atoms with Crippen LogP contribution < -0.4 is 0 Å². The fourth-order valence-electron chi connectivity index (χ4n) is 11.3. The van der Waals surface area contributed by atoms with Gasteiger partial charge in [-0.1, -0.05) is 30.3 Å². The highest BCUT2D eigenvalue weighted by Crippen LogP contribution is 2.46. The van der Waals surface area contributed by atoms with E-state index in [1.54, 1.807) is 78.9 Å². The highest BCUT2D eigenvalue weighted by Gasteiger charge is 2.35. The number of nitriles is 10. The Hall–Kier alpha value is -13.5. The topological polar surface area (TPSA) is 248 Å². The molecule has 0 radical (unpaired) electrons. The summed E-state index contributed by atoms with van der Waals surface area (Å²) in [5, 5.41) is 104. The molecule has 394 valence electrons. The van der Waals surface area contributed by atoms with Crippen molar-refractivity contribution in [1.29, 1.82) is 52.6 Å². The molecule has 0 fully saturated rings. The van der Waals surface area contributed by atoms with Crippen LogP contribution in [0.5, 0.6) is 0 Å². The van der Waals surface area contributed by atoms with E-state index < -0.39 is 11.7 Å². The quantitative estimate of drug-likeness (QED) is 0.146. The zero-order valence-corrected chi connectivity index (χ0v) is 44.2. The first kappa shape index (κ1) is 53.1. The smallest absolute Gasteiger partial charge is 0.307 e. The van der Waals surface area contributed by atoms with Gasteiger partial charge in [-0.2, -0.15) is 65.8 Å². The van der Waals surface area contributed by atoms with Crippen molar-refractivity contribution >= 4 is 43.6 Å². The van der Waals surface area contributed by atoms with E-state index >= 15 is 13.2 Å². The van der Waals surface area contributed by atoms with Gasteiger partial charge in [-0.05, 0) is 196 Å². The molecule has 0 atom stereocenters. The second-order valence-corrected chi connectivity index (χ2v) is 20.1. The summed E-state index contributed by atoms with van der Waals surface area (Å²) in [6, 6.07) is 68.2. The Morgan fingerprint density at radius 1 is 0.256 bits per heavy atom. The summed E-state index contributed by atoms with van der Waals surface area (Å²) >= 11 is 0. The summed E-state index contributed by atoms with van der Waals surface area (Å²) in [4.78, 5) is 0. The predicted molar refractivity (Wildman–Crippen MR) is 314 cm³/mol. The van der Waals surface area contributed by atoms with E-state index in [0.717, 1.165) is 6.07 Å². The zero-order valence-electron chi connectivity index (χ0n) is 44.2. The van der Waals surface area contributed by atoms with Gasteiger partial charge in [0.2, 0.25) is 0 Å². The first-order valence-electron chi connectivity index (χ1n) is 25.9. The van der Waals surface area contributed by atoms with Crippen molar-refractivity contribution < 1.29 is 13.2 Å². The van der Waals surface area contributed by atoms with E-state index in [2.05, 4.69) is 54.6 Å². The molecule has 12 aromatic rings. The van der Waals surface area contributed by atoms with Gasteiger partial charge in [0.15, 0.2) is 0 Å². The van der Waals surface area contributed by atoms with Crippen molar-refractivity contribution in [1.82, 2.24) is 9.13 Å². The number of alkyl halides is 3. The summed E-state index contributed by atoms with van der Waals surface area (Å²) in [6.45, 7) is 0. The molecule has 0 aliphatic carbocycles. The summed E-state index contributed by atoms with van der Waals surface area (Å²) < 4.78 is 50.0. The molecule has 0 spiro atoms. The van der Waals surface area contributed by atoms with Gasteiger partial charge >= 0.3 is 6.18 Å². The van der Waals surface area contributed by atoms with Crippen molar-refractivity contribution in [3.8, 4) is 128 Å². The van der Waals surface area contributed by atoms with Gasteiger partial charge in [-0.15, -0.1) is 0 Å². The number of rotatable bonds is 7. The van der Waals surface area contributed by atoms with Crippen LogP contribution in [0.4, 0.5) is 13.2 Å². The zero-order chi connectivity index (χ0) is 60.1. The van der Waals surface area contributed by atoms with Crippen LogP contribution in [0.3, 0.4) is 0 Å². The molecule has 10 aromatic carbocycles. The lowest BCUT2D eigenvalue weighted by atomic mass is 9.92. The number of aromatic nitrogens is 2. The molecule has 0 aliphatic heterocycles. The van der Waals surface area contributed by atoms with Gasteiger partial charge in [0.25, 0.3) is 0 Å². The lowest BCUT2D eigenvalue weighted by molar-refractivity contribution is -0.137. The maximum Gasteiger partial charge on any atom is 0.417 e. The van der Waals surface area contributed by atoms with E-state index in [9.17, 15) is 52.6 Å². The van der Waals surface area contributed by atoms with Crippen molar-refractivity contribution in [2.45, 2.75) is 6.18 Å². The van der Waals surface area contributed by atoms with Gasteiger partial charge in [0, 0.05) is 27.1 Å². The van der Waals surface area contributed by atoms with Crippen LogP contribution in [0.1, 0.15) is 61.2 Å². The molecule has 0 N–H and O–H groups in total. The maximum atomic E-state index is 15.4. The minimum absolute atomic E-state index is 0.123. The molecule has 0 aliphatic rings. The standard InChI is InChI=1S/C71H29F3N12/c72-71(73,74)64-23-40(30-75)1-6-58(64)59-29-70(86-67-9-4-51(55-19-45(35-80)13-46(20-55)36-81)26-62(67)63-27-52(5-10-68(63)86)56-21-47(37-82)14-48(22-56)38-83)69(28-57(59)39-84)85-65-7-2-49(53-15-41(31-76)11-42(16-53)32-77)24-60(65)61-25-50(3-8-66(61)85)54-17-43(33-78)12-44(18-54)34-79/h1-29H. The molecule has 86 heavy (non-hydrogen) atoms. The molecular formula is C71H29F3N12. The highest BCUT2D eigenvalue weighted by atomic mass is 19.4. The molecule has 12 nitrogen and oxygen atoms in total. The molecule has 0 saturated heterocycles. The lowest BCUT2D eigenvalue weighted by Crippen LogP contribution is -2.10. The van der Waals surface area contributed by atoms with Crippen LogP contribution in [0.25, 0.3) is 111 Å². The molecule has 2 heterocycles. The third-order valence-corrected chi connectivity index (χ3v) is 15.1. The Kier molecular flexibility index (Phi) is 12.9. The van der Waals surface area contributed by atoms with E-state index in [-0.39, 0.29) is 72.4 Å². The van der Waals surface area contributed by atoms with Crippen LogP contribution in [0.15, 0.2) is 176 Å². The molecule has 2 aromatic heterocycles. The van der Waals surface area contributed by atoms with Crippen LogP contribution in [0.2, 0.25) is 0 Å². The van der Waals surface area contributed by atoms with Crippen molar-refractivity contribution in [2.24, 2.45) is 0 Å². The summed E-state index contributed by atoms with van der Waals surface area (Å²) in [6.07, 6.45) is -5.00. The Balaban J connectivity index is 1.24. The number of hydrogen-bond acceptors (Lipinski definition) is 10. The second-order valence-electron chi connectivity index (χ2n) is 20.1. The predicted octanol–water partition coefficient (Wildman–Crippen LogP) is 16.0. The number of halogens is 3. The number of benzene rings is 10. The minimum atomic E-state index is -5.00. The highest BCUT2D eigenvalue weighted by molar-refractivity contribution is 6.14. The minimum Gasteiger partial charge on any atom is -0.307 e. The lowest BCUT2D eigenvalue weighted by Gasteiger charge is -2.21. The normalized spacial score (nSPS) is 10.8. The number of nitrogens with zero attached hydrogens (tertiary/aromatic N) is 12. The fourth-order valence-corrected chi connectivity index (χ4v) is 11.3. The summed E-state index contributed by atoms with van der Waals surface area (Å²) in [5.74, 6) is 0. The monoisotopic (exact) mass is 1110 g/mol. The van der Waals surface area contributed by atoms with Crippen LogP contribution in [-0.4, -0.2) is 9.13 Å². The SMILES string of the molecule is N#Cc1cc(C#N)cc(-c2ccc3c(c2)c2cc(-c4cc(C#N)cc(C#N)c4)ccc2n3-c2cc(C#N)c(-c3ccc(C#N)cc3C(F)(F)F)cc2-n2c3ccc(-c4cc(C#N)cc(C#N)c4)cc3c3cc(-c4cc(C#N)cc(C#N)c4)ccc32)c1. The molecule has 12 rings (SSSR count). The van der Waals surface area contributed by atoms with Gasteiger partial charge in [-0.25, -0.2) is 0 Å². The third kappa shape index (κ3) is 9.09. The van der Waals surface area contributed by atoms with E-state index in [1.807, 2.05) is 57.7 Å². The largest absolute Gasteiger partial charge is 0.417 e. The first-order valence-corrected chi connectivity index (χ1v) is 25.9. The third-order valence-electron chi connectivity index (χ3n) is 15.1. The van der Waals surface area contributed by atoms with Gasteiger partial charge < -0.3 is 9.13 Å². The second kappa shape index (κ2) is 20.9.